The maximum atomic E-state index is 13.3. The van der Waals surface area contributed by atoms with Gasteiger partial charge in [0.1, 0.15) is 0 Å². The maximum absolute atomic E-state index is 13.3. The molecule has 8 heteroatoms. The minimum atomic E-state index is -0.756. The number of methoxy groups -OCH3 is 1. The third kappa shape index (κ3) is 7.82. The van der Waals surface area contributed by atoms with E-state index in [4.69, 9.17) is 9.57 Å². The maximum Gasteiger partial charge on any atom is 0.331 e. The molecule has 2 atom stereocenters. The molecule has 1 aromatic heterocycles. The summed E-state index contributed by atoms with van der Waals surface area (Å²) in [5.74, 6) is 0.0835. The molecule has 1 fully saturated rings. The van der Waals surface area contributed by atoms with Crippen LogP contribution in [-0.2, 0) is 32.1 Å². The fourth-order valence-electron chi connectivity index (χ4n) is 4.22. The summed E-state index contributed by atoms with van der Waals surface area (Å²) in [5.41, 5.74) is 2.23. The summed E-state index contributed by atoms with van der Waals surface area (Å²) in [4.78, 5) is 38.6. The van der Waals surface area contributed by atoms with E-state index in [2.05, 4.69) is 16.0 Å². The Balaban J connectivity index is 1.68. The van der Waals surface area contributed by atoms with Crippen LogP contribution in [0.15, 0.2) is 54.9 Å². The molecule has 1 aliphatic heterocycles. The van der Waals surface area contributed by atoms with Crippen molar-refractivity contribution in [1.29, 1.82) is 0 Å². The summed E-state index contributed by atoms with van der Waals surface area (Å²) in [5, 5.41) is 1.30. The van der Waals surface area contributed by atoms with Crippen molar-refractivity contribution >= 4 is 23.6 Å². The summed E-state index contributed by atoms with van der Waals surface area (Å²) in [6, 6.07) is 13.3. The lowest BCUT2D eigenvalue weighted by Crippen LogP contribution is -2.48. The summed E-state index contributed by atoms with van der Waals surface area (Å²) >= 11 is 1.63. The lowest BCUT2D eigenvalue weighted by Gasteiger charge is -2.32. The van der Waals surface area contributed by atoms with Gasteiger partial charge in [-0.3, -0.25) is 19.5 Å². The molecule has 34 heavy (non-hydrogen) atoms. The zero-order valence-corrected chi connectivity index (χ0v) is 20.9. The molecule has 0 saturated carbocycles. The number of nitrogens with zero attached hydrogens (tertiary/aromatic N) is 3. The van der Waals surface area contributed by atoms with Gasteiger partial charge in [-0.2, -0.15) is 11.8 Å². The highest BCUT2D eigenvalue weighted by atomic mass is 32.2. The predicted molar refractivity (Wildman–Crippen MR) is 134 cm³/mol. The molecule has 0 N–H and O–H groups in total. The lowest BCUT2D eigenvalue weighted by molar-refractivity contribution is -0.212. The minimum absolute atomic E-state index is 0.170. The summed E-state index contributed by atoms with van der Waals surface area (Å²) in [6.07, 6.45) is 9.02. The molecule has 2 heterocycles. The number of pyridine rings is 1. The van der Waals surface area contributed by atoms with E-state index in [1.165, 1.54) is 12.2 Å². The van der Waals surface area contributed by atoms with Gasteiger partial charge in [0.15, 0.2) is 6.04 Å². The number of hydroxylamine groups is 2. The molecule has 0 unspecified atom stereocenters. The Morgan fingerprint density at radius 1 is 1.21 bits per heavy atom. The van der Waals surface area contributed by atoms with Gasteiger partial charge >= 0.3 is 5.97 Å². The summed E-state index contributed by atoms with van der Waals surface area (Å²) in [6.45, 7) is 2.11. The van der Waals surface area contributed by atoms with E-state index in [1.54, 1.807) is 18.0 Å². The van der Waals surface area contributed by atoms with Gasteiger partial charge in [-0.25, -0.2) is 9.86 Å². The number of carbonyl (C=O) groups excluding carboxylic acids is 2. The molecular formula is C26H35N3O4S. The summed E-state index contributed by atoms with van der Waals surface area (Å²) in [7, 11) is 1.35. The molecule has 2 aromatic rings. The Morgan fingerprint density at radius 2 is 2.00 bits per heavy atom. The largest absolute Gasteiger partial charge is 0.467 e. The molecule has 184 valence electrons. The van der Waals surface area contributed by atoms with E-state index in [1.807, 2.05) is 48.9 Å². The highest BCUT2D eigenvalue weighted by molar-refractivity contribution is 7.98. The van der Waals surface area contributed by atoms with E-state index in [0.29, 0.717) is 19.4 Å². The van der Waals surface area contributed by atoms with Crippen molar-refractivity contribution in [2.24, 2.45) is 0 Å². The minimum Gasteiger partial charge on any atom is -0.467 e. The second-order valence-corrected chi connectivity index (χ2v) is 9.43. The lowest BCUT2D eigenvalue weighted by atomic mass is 10.1. The van der Waals surface area contributed by atoms with Crippen molar-refractivity contribution in [1.82, 2.24) is 14.9 Å². The second kappa shape index (κ2) is 14.1. The van der Waals surface area contributed by atoms with Gasteiger partial charge in [0.25, 0.3) is 0 Å². The Labute approximate surface area is 206 Å². The highest BCUT2D eigenvalue weighted by Gasteiger charge is 2.33. The molecule has 0 spiro atoms. The van der Waals surface area contributed by atoms with Crippen molar-refractivity contribution in [3.8, 4) is 0 Å². The van der Waals surface area contributed by atoms with Crippen LogP contribution in [0.25, 0.3) is 0 Å². The number of hydrogen-bond donors (Lipinski definition) is 0. The van der Waals surface area contributed by atoms with E-state index < -0.39 is 12.0 Å². The number of aromatic nitrogens is 1. The normalized spacial score (nSPS) is 16.8. The van der Waals surface area contributed by atoms with Crippen LogP contribution in [0.1, 0.15) is 36.8 Å². The fourth-order valence-corrected chi connectivity index (χ4v) is 4.68. The number of carbonyl (C=O) groups is 2. The van der Waals surface area contributed by atoms with Gasteiger partial charge in [-0.1, -0.05) is 36.4 Å². The van der Waals surface area contributed by atoms with Crippen LogP contribution in [0, 0.1) is 0 Å². The Hall–Kier alpha value is -2.42. The molecule has 0 bridgehead atoms. The molecule has 0 radical (unpaired) electrons. The van der Waals surface area contributed by atoms with Crippen LogP contribution in [0.2, 0.25) is 0 Å². The van der Waals surface area contributed by atoms with Crippen molar-refractivity contribution in [2.75, 3.05) is 32.3 Å². The van der Waals surface area contributed by atoms with Crippen LogP contribution < -0.4 is 0 Å². The molecule has 1 amide bonds. The van der Waals surface area contributed by atoms with E-state index in [9.17, 15) is 9.59 Å². The number of ether oxygens (including phenoxy) is 1. The number of likely N-dealkylation sites (tertiary alicyclic amines) is 1. The van der Waals surface area contributed by atoms with Gasteiger partial charge in [0.05, 0.1) is 13.7 Å². The monoisotopic (exact) mass is 485 g/mol. The van der Waals surface area contributed by atoms with Crippen LogP contribution in [0.4, 0.5) is 0 Å². The number of thioether (sulfide) groups is 1. The van der Waals surface area contributed by atoms with E-state index in [0.717, 1.165) is 42.8 Å². The standard InChI is InChI=1S/C26H35N3O4S/c1-32-26(31)24(14-17-34-2)29(25(30)13-12-21-8-4-3-5-9-21)33-20-23-11-7-16-28(23)19-22-10-6-15-27-18-22/h3-6,8-10,15,18,23-24H,7,11-14,16-17,19-20H2,1-2H3/t23-,24-/m0/s1. The smallest absolute Gasteiger partial charge is 0.331 e. The van der Waals surface area contributed by atoms with Gasteiger partial charge in [-0.15, -0.1) is 0 Å². The average Bonchev–Trinajstić information content (AvgIpc) is 3.32. The fraction of sp³-hybridized carbons (Fsp3) is 0.500. The number of esters is 1. The molecule has 1 saturated heterocycles. The van der Waals surface area contributed by atoms with Crippen molar-refractivity contribution in [3.63, 3.8) is 0 Å². The molecule has 1 aliphatic rings. The number of benzene rings is 1. The SMILES string of the molecule is COC(=O)[C@H](CCSC)N(OC[C@@H]1CCCN1Cc1cccnc1)C(=O)CCc1ccccc1. The van der Waals surface area contributed by atoms with Crippen LogP contribution in [0.5, 0.6) is 0 Å². The third-order valence-corrected chi connectivity index (χ3v) is 6.73. The van der Waals surface area contributed by atoms with E-state index >= 15 is 0 Å². The number of rotatable bonds is 13. The first-order valence-electron chi connectivity index (χ1n) is 11.8. The van der Waals surface area contributed by atoms with E-state index in [-0.39, 0.29) is 18.4 Å². The Morgan fingerprint density at radius 3 is 2.71 bits per heavy atom. The number of amides is 1. The Bertz CT molecular complexity index is 884. The first-order valence-corrected chi connectivity index (χ1v) is 13.2. The van der Waals surface area contributed by atoms with Crippen molar-refractivity contribution < 1.29 is 19.2 Å². The van der Waals surface area contributed by atoms with Crippen LogP contribution in [0.3, 0.4) is 0 Å². The molecule has 0 aliphatic carbocycles. The van der Waals surface area contributed by atoms with Gasteiger partial charge < -0.3 is 4.74 Å². The zero-order valence-electron chi connectivity index (χ0n) is 20.1. The molecule has 7 nitrogen and oxygen atoms in total. The summed E-state index contributed by atoms with van der Waals surface area (Å²) < 4.78 is 5.04. The van der Waals surface area contributed by atoms with Crippen LogP contribution in [-0.4, -0.2) is 71.2 Å². The van der Waals surface area contributed by atoms with Crippen molar-refractivity contribution in [2.45, 2.75) is 50.7 Å². The predicted octanol–water partition coefficient (Wildman–Crippen LogP) is 3.73. The number of aryl methyl sites for hydroxylation is 1. The first kappa shape index (κ1) is 26.2. The third-order valence-electron chi connectivity index (χ3n) is 6.08. The van der Waals surface area contributed by atoms with Crippen LogP contribution >= 0.6 is 11.8 Å². The Kier molecular flexibility index (Phi) is 10.9. The molecular weight excluding hydrogens is 450 g/mol. The number of hydrogen-bond acceptors (Lipinski definition) is 7. The van der Waals surface area contributed by atoms with Crippen molar-refractivity contribution in [3.05, 3.63) is 66.0 Å². The quantitative estimate of drug-likeness (QED) is 0.316. The highest BCUT2D eigenvalue weighted by Crippen LogP contribution is 2.22. The zero-order chi connectivity index (χ0) is 24.2. The van der Waals surface area contributed by atoms with Gasteiger partial charge in [-0.05, 0) is 61.4 Å². The second-order valence-electron chi connectivity index (χ2n) is 8.45. The van der Waals surface area contributed by atoms with Gasteiger partial charge in [0.2, 0.25) is 5.91 Å². The topological polar surface area (TPSA) is 72.0 Å². The molecule has 1 aromatic carbocycles. The first-order chi connectivity index (χ1) is 16.6. The molecule has 3 rings (SSSR count). The average molecular weight is 486 g/mol. The van der Waals surface area contributed by atoms with Gasteiger partial charge in [0, 0.05) is 31.4 Å².